The Hall–Kier alpha value is -1.42. The zero-order chi connectivity index (χ0) is 17.3. The smallest absolute Gasteiger partial charge is 0.260 e. The van der Waals surface area contributed by atoms with Gasteiger partial charge in [0.2, 0.25) is 0 Å². The molecule has 24 heavy (non-hydrogen) atoms. The predicted molar refractivity (Wildman–Crippen MR) is 83.9 cm³/mol. The van der Waals surface area contributed by atoms with Crippen LogP contribution in [-0.2, 0) is 6.18 Å². The Labute approximate surface area is 145 Å². The van der Waals surface area contributed by atoms with Crippen LogP contribution in [0.15, 0.2) is 36.5 Å². The molecule has 1 aliphatic rings. The van der Waals surface area contributed by atoms with Crippen molar-refractivity contribution in [2.75, 3.05) is 0 Å². The van der Waals surface area contributed by atoms with Crippen molar-refractivity contribution in [1.82, 2.24) is 26.9 Å². The van der Waals surface area contributed by atoms with Crippen LogP contribution >= 0.6 is 23.2 Å². The minimum absolute atomic E-state index is 0.185. The summed E-state index contributed by atoms with van der Waals surface area (Å²) in [7, 11) is 0. The van der Waals surface area contributed by atoms with E-state index in [1.165, 1.54) is 12.3 Å². The van der Waals surface area contributed by atoms with Gasteiger partial charge in [0, 0.05) is 21.8 Å². The second kappa shape index (κ2) is 6.83. The first-order valence-corrected chi connectivity index (χ1v) is 7.62. The van der Waals surface area contributed by atoms with Gasteiger partial charge in [-0.3, -0.25) is 4.98 Å². The fourth-order valence-corrected chi connectivity index (χ4v) is 3.24. The zero-order valence-corrected chi connectivity index (χ0v) is 13.5. The summed E-state index contributed by atoms with van der Waals surface area (Å²) in [5, 5.41) is 0.503. The van der Waals surface area contributed by atoms with Crippen molar-refractivity contribution in [2.24, 2.45) is 0 Å². The van der Waals surface area contributed by atoms with Crippen LogP contribution in [0.5, 0.6) is 0 Å². The molecule has 128 valence electrons. The first-order valence-electron chi connectivity index (χ1n) is 6.86. The Morgan fingerprint density at radius 1 is 1.00 bits per heavy atom. The Morgan fingerprint density at radius 3 is 2.21 bits per heavy atom. The van der Waals surface area contributed by atoms with E-state index in [4.69, 9.17) is 23.2 Å². The lowest BCUT2D eigenvalue weighted by atomic mass is 9.89. The number of hydrazine groups is 3. The molecule has 1 fully saturated rings. The quantitative estimate of drug-likeness (QED) is 0.662. The Kier molecular flexibility index (Phi) is 4.95. The van der Waals surface area contributed by atoms with Gasteiger partial charge in [-0.25, -0.2) is 10.9 Å². The summed E-state index contributed by atoms with van der Waals surface area (Å²) in [6.45, 7) is 0. The van der Waals surface area contributed by atoms with E-state index in [1.807, 2.05) is 0 Å². The molecule has 1 saturated heterocycles. The van der Waals surface area contributed by atoms with Gasteiger partial charge in [-0.05, 0) is 24.3 Å². The summed E-state index contributed by atoms with van der Waals surface area (Å²) in [4.78, 5) is 3.98. The van der Waals surface area contributed by atoms with Crippen molar-refractivity contribution in [2.45, 2.75) is 18.3 Å². The standard InChI is InChI=1S/C14H12Cl2F3N5/c15-8-4-1-5-9(16)10(8)11(13-21-23-24-22-13)12-7(14(17,18)19)3-2-6-20-12/h1-6,11,13,21-24H/t11-/m0/s1. The number of alkyl halides is 3. The monoisotopic (exact) mass is 377 g/mol. The second-order valence-corrected chi connectivity index (χ2v) is 5.88. The van der Waals surface area contributed by atoms with Crippen molar-refractivity contribution < 1.29 is 13.2 Å². The van der Waals surface area contributed by atoms with Crippen LogP contribution in [-0.4, -0.2) is 11.1 Å². The van der Waals surface area contributed by atoms with E-state index in [2.05, 4.69) is 26.9 Å². The van der Waals surface area contributed by atoms with E-state index in [0.717, 1.165) is 6.07 Å². The van der Waals surface area contributed by atoms with Crippen molar-refractivity contribution in [3.63, 3.8) is 0 Å². The van der Waals surface area contributed by atoms with Crippen LogP contribution in [0.2, 0.25) is 10.0 Å². The number of hydrogen-bond donors (Lipinski definition) is 4. The average Bonchev–Trinajstić information content (AvgIpc) is 3.04. The lowest BCUT2D eigenvalue weighted by molar-refractivity contribution is -0.138. The van der Waals surface area contributed by atoms with Crippen molar-refractivity contribution in [1.29, 1.82) is 0 Å². The molecule has 1 aromatic carbocycles. The van der Waals surface area contributed by atoms with Crippen LogP contribution < -0.4 is 21.9 Å². The number of halogens is 5. The number of nitrogens with one attached hydrogen (secondary N) is 4. The number of pyridine rings is 1. The first-order chi connectivity index (χ1) is 11.4. The van der Waals surface area contributed by atoms with Gasteiger partial charge in [0.15, 0.2) is 0 Å². The molecule has 0 spiro atoms. The molecular weight excluding hydrogens is 366 g/mol. The van der Waals surface area contributed by atoms with Crippen LogP contribution in [0.3, 0.4) is 0 Å². The van der Waals surface area contributed by atoms with Gasteiger partial charge in [-0.1, -0.05) is 29.3 Å². The maximum absolute atomic E-state index is 13.4. The summed E-state index contributed by atoms with van der Waals surface area (Å²) in [5.41, 5.74) is 10.1. The molecule has 5 nitrogen and oxygen atoms in total. The highest BCUT2D eigenvalue weighted by atomic mass is 35.5. The Morgan fingerprint density at radius 2 is 1.62 bits per heavy atom. The van der Waals surface area contributed by atoms with Crippen molar-refractivity contribution >= 4 is 23.2 Å². The van der Waals surface area contributed by atoms with E-state index < -0.39 is 23.8 Å². The summed E-state index contributed by atoms with van der Waals surface area (Å²) in [6, 6.07) is 6.99. The number of nitrogens with zero attached hydrogens (tertiary/aromatic N) is 1. The maximum atomic E-state index is 13.4. The van der Waals surface area contributed by atoms with E-state index in [0.29, 0.717) is 5.56 Å². The summed E-state index contributed by atoms with van der Waals surface area (Å²) in [5.74, 6) is -0.897. The van der Waals surface area contributed by atoms with Gasteiger partial charge in [0.25, 0.3) is 0 Å². The lowest BCUT2D eigenvalue weighted by Gasteiger charge is -2.26. The van der Waals surface area contributed by atoms with Gasteiger partial charge in [0.1, 0.15) is 0 Å². The summed E-state index contributed by atoms with van der Waals surface area (Å²) in [6.07, 6.45) is -3.92. The van der Waals surface area contributed by atoms with Gasteiger partial charge >= 0.3 is 6.18 Å². The van der Waals surface area contributed by atoms with Crippen LogP contribution in [0.25, 0.3) is 0 Å². The Bertz CT molecular complexity index is 714. The van der Waals surface area contributed by atoms with Crippen molar-refractivity contribution in [3.05, 3.63) is 63.4 Å². The van der Waals surface area contributed by atoms with Gasteiger partial charge < -0.3 is 0 Å². The highest BCUT2D eigenvalue weighted by Crippen LogP contribution is 2.41. The number of benzene rings is 1. The zero-order valence-electron chi connectivity index (χ0n) is 12.0. The molecule has 3 rings (SSSR count). The average molecular weight is 378 g/mol. The molecule has 0 amide bonds. The predicted octanol–water partition coefficient (Wildman–Crippen LogP) is 2.98. The normalized spacial score (nSPS) is 17.2. The van der Waals surface area contributed by atoms with Gasteiger partial charge in [0.05, 0.1) is 23.3 Å². The van der Waals surface area contributed by atoms with Gasteiger partial charge in [-0.15, -0.1) is 0 Å². The molecule has 0 aliphatic carbocycles. The lowest BCUT2D eigenvalue weighted by Crippen LogP contribution is -2.41. The highest BCUT2D eigenvalue weighted by molar-refractivity contribution is 6.36. The van der Waals surface area contributed by atoms with E-state index >= 15 is 0 Å². The minimum Gasteiger partial charge on any atom is -0.260 e. The van der Waals surface area contributed by atoms with Crippen molar-refractivity contribution in [3.8, 4) is 0 Å². The molecule has 1 aliphatic heterocycles. The molecule has 0 radical (unpaired) electrons. The molecule has 2 aromatic rings. The molecule has 1 aromatic heterocycles. The molecule has 0 bridgehead atoms. The third-order valence-electron chi connectivity index (χ3n) is 3.60. The van der Waals surface area contributed by atoms with E-state index in [9.17, 15) is 13.2 Å². The molecule has 10 heteroatoms. The third-order valence-corrected chi connectivity index (χ3v) is 4.26. The number of hydrogen-bond acceptors (Lipinski definition) is 5. The summed E-state index contributed by atoms with van der Waals surface area (Å²) < 4.78 is 40.3. The second-order valence-electron chi connectivity index (χ2n) is 5.06. The minimum atomic E-state index is -4.56. The first kappa shape index (κ1) is 17.4. The molecule has 0 saturated carbocycles. The van der Waals surface area contributed by atoms with Crippen LogP contribution in [0, 0.1) is 0 Å². The van der Waals surface area contributed by atoms with Crippen LogP contribution in [0.1, 0.15) is 22.7 Å². The molecular formula is C14H12Cl2F3N5. The SMILES string of the molecule is FC(F)(F)c1cccnc1[C@H](c1c(Cl)cccc1Cl)C1NNNN1. The molecule has 1 atom stereocenters. The van der Waals surface area contributed by atoms with E-state index in [-0.39, 0.29) is 15.7 Å². The highest BCUT2D eigenvalue weighted by Gasteiger charge is 2.40. The van der Waals surface area contributed by atoms with Crippen LogP contribution in [0.4, 0.5) is 13.2 Å². The largest absolute Gasteiger partial charge is 0.418 e. The number of rotatable bonds is 3. The fraction of sp³-hybridized carbons (Fsp3) is 0.214. The van der Waals surface area contributed by atoms with E-state index in [1.54, 1.807) is 18.2 Å². The maximum Gasteiger partial charge on any atom is 0.418 e. The molecule has 2 heterocycles. The third kappa shape index (κ3) is 3.34. The Balaban J connectivity index is 2.21. The number of aromatic nitrogens is 1. The molecule has 0 unspecified atom stereocenters. The topological polar surface area (TPSA) is 61.0 Å². The fourth-order valence-electron chi connectivity index (χ4n) is 2.60. The molecule has 4 N–H and O–H groups in total. The van der Waals surface area contributed by atoms with Gasteiger partial charge in [-0.2, -0.15) is 24.2 Å². The summed E-state index contributed by atoms with van der Waals surface area (Å²) >= 11 is 12.5.